The first kappa shape index (κ1) is 60.9. The average molecular weight is 887 g/mol. The minimum atomic E-state index is -0.766. The third-order valence-electron chi connectivity index (χ3n) is 12.5. The molecule has 0 amide bonds. The van der Waals surface area contributed by atoms with Gasteiger partial charge in [-0.2, -0.15) is 0 Å². The molecule has 1 atom stereocenters. The van der Waals surface area contributed by atoms with E-state index in [1.165, 1.54) is 199 Å². The van der Waals surface area contributed by atoms with Gasteiger partial charge in [0.2, 0.25) is 0 Å². The van der Waals surface area contributed by atoms with E-state index in [0.29, 0.717) is 19.3 Å². The number of unbranched alkanes of at least 4 members (excludes halogenated alkanes) is 36. The Morgan fingerprint density at radius 1 is 0.317 bits per heavy atom. The summed E-state index contributed by atoms with van der Waals surface area (Å²) in [5.74, 6) is -0.853. The molecule has 1 unspecified atom stereocenters. The first-order valence-electron chi connectivity index (χ1n) is 27.8. The molecule has 0 heterocycles. The van der Waals surface area contributed by atoms with Crippen LogP contribution in [0.5, 0.6) is 0 Å². The van der Waals surface area contributed by atoms with Crippen molar-refractivity contribution in [1.29, 1.82) is 0 Å². The summed E-state index contributed by atoms with van der Waals surface area (Å²) >= 11 is 0. The Bertz CT molecular complexity index is 1020. The van der Waals surface area contributed by atoms with Gasteiger partial charge in [0.1, 0.15) is 13.2 Å². The maximum atomic E-state index is 12.8. The van der Waals surface area contributed by atoms with Gasteiger partial charge in [-0.1, -0.05) is 257 Å². The lowest BCUT2D eigenvalue weighted by Crippen LogP contribution is -2.30. The van der Waals surface area contributed by atoms with Gasteiger partial charge in [0.05, 0.1) is 0 Å². The molecule has 0 aromatic rings. The summed E-state index contributed by atoms with van der Waals surface area (Å²) in [6, 6.07) is 0. The van der Waals surface area contributed by atoms with Crippen LogP contribution < -0.4 is 0 Å². The molecule has 0 N–H and O–H groups in total. The number of hydrogen-bond donors (Lipinski definition) is 0. The maximum Gasteiger partial charge on any atom is 0.306 e. The minimum Gasteiger partial charge on any atom is -0.462 e. The van der Waals surface area contributed by atoms with Crippen molar-refractivity contribution in [2.45, 2.75) is 309 Å². The van der Waals surface area contributed by atoms with E-state index >= 15 is 0 Å². The Hall–Kier alpha value is -2.11. The second-order valence-corrected chi connectivity index (χ2v) is 18.9. The van der Waals surface area contributed by atoms with E-state index in [9.17, 15) is 14.4 Å². The molecule has 0 aliphatic heterocycles. The summed E-state index contributed by atoms with van der Waals surface area (Å²) in [5.41, 5.74) is 0. The monoisotopic (exact) mass is 887 g/mol. The van der Waals surface area contributed by atoms with E-state index < -0.39 is 6.10 Å². The fourth-order valence-corrected chi connectivity index (χ4v) is 8.24. The van der Waals surface area contributed by atoms with Crippen LogP contribution in [0.25, 0.3) is 0 Å². The molecule has 0 aliphatic rings. The van der Waals surface area contributed by atoms with Crippen molar-refractivity contribution in [3.8, 4) is 0 Å². The second-order valence-electron chi connectivity index (χ2n) is 18.9. The molecule has 0 saturated carbocycles. The maximum absolute atomic E-state index is 12.8. The van der Waals surface area contributed by atoms with Crippen molar-refractivity contribution in [3.05, 3.63) is 24.3 Å². The Kier molecular flexibility index (Phi) is 50.8. The van der Waals surface area contributed by atoms with Crippen LogP contribution in [0.4, 0.5) is 0 Å². The standard InChI is InChI=1S/C57H106O6/c1-4-7-10-13-16-19-22-25-26-27-28-29-30-33-35-38-41-44-47-50-56(59)62-53-54(63-57(60)51-48-45-42-39-36-32-24-21-18-15-12-9-6-3)52-61-55(58)49-46-43-40-37-34-31-23-20-17-14-11-8-5-2/h16,19,25-26,54H,4-15,17-18,20-24,27-53H2,1-3H3/b19-16-,26-25-. The highest BCUT2D eigenvalue weighted by Crippen LogP contribution is 2.16. The number of hydrogen-bond acceptors (Lipinski definition) is 6. The third kappa shape index (κ3) is 50.7. The first-order valence-corrected chi connectivity index (χ1v) is 27.8. The number of esters is 3. The number of rotatable bonds is 51. The van der Waals surface area contributed by atoms with Crippen molar-refractivity contribution in [2.24, 2.45) is 0 Å². The predicted octanol–water partition coefficient (Wildman–Crippen LogP) is 18.3. The summed E-state index contributed by atoms with van der Waals surface area (Å²) in [7, 11) is 0. The highest BCUT2D eigenvalue weighted by atomic mass is 16.6. The number of ether oxygens (including phenoxy) is 3. The van der Waals surface area contributed by atoms with Crippen molar-refractivity contribution in [1.82, 2.24) is 0 Å². The molecule has 63 heavy (non-hydrogen) atoms. The van der Waals surface area contributed by atoms with Crippen LogP contribution in [0.2, 0.25) is 0 Å². The van der Waals surface area contributed by atoms with Gasteiger partial charge in [0.15, 0.2) is 6.10 Å². The Labute approximate surface area is 392 Å². The van der Waals surface area contributed by atoms with Gasteiger partial charge >= 0.3 is 17.9 Å². The smallest absolute Gasteiger partial charge is 0.306 e. The highest BCUT2D eigenvalue weighted by Gasteiger charge is 2.19. The zero-order valence-electron chi connectivity index (χ0n) is 42.4. The molecule has 0 aromatic carbocycles. The lowest BCUT2D eigenvalue weighted by atomic mass is 10.0. The van der Waals surface area contributed by atoms with Gasteiger partial charge in [-0.05, 0) is 51.4 Å². The van der Waals surface area contributed by atoms with Gasteiger partial charge in [0.25, 0.3) is 0 Å². The number of carbonyl (C=O) groups excluding carboxylic acids is 3. The SMILES string of the molecule is CCCCC/C=C\C/C=C\CCCCCCCCCCCC(=O)OCC(COC(=O)CCCCCCCCCCCCCCC)OC(=O)CCCCCCCCCCCCCCC. The summed E-state index contributed by atoms with van der Waals surface area (Å²) in [5, 5.41) is 0. The molecule has 0 aromatic heterocycles. The van der Waals surface area contributed by atoms with Crippen molar-refractivity contribution in [3.63, 3.8) is 0 Å². The summed E-state index contributed by atoms with van der Waals surface area (Å²) in [6.45, 7) is 6.65. The van der Waals surface area contributed by atoms with E-state index in [1.807, 2.05) is 0 Å². The highest BCUT2D eigenvalue weighted by molar-refractivity contribution is 5.71. The largest absolute Gasteiger partial charge is 0.462 e. The summed E-state index contributed by atoms with van der Waals surface area (Å²) in [4.78, 5) is 38.0. The molecule has 6 heteroatoms. The minimum absolute atomic E-state index is 0.0670. The lowest BCUT2D eigenvalue weighted by Gasteiger charge is -2.18. The van der Waals surface area contributed by atoms with Gasteiger partial charge in [-0.15, -0.1) is 0 Å². The Morgan fingerprint density at radius 2 is 0.571 bits per heavy atom. The summed E-state index contributed by atoms with van der Waals surface area (Å²) in [6.07, 6.45) is 60.1. The van der Waals surface area contributed by atoms with Gasteiger partial charge in [-0.3, -0.25) is 14.4 Å². The Balaban J connectivity index is 4.30. The van der Waals surface area contributed by atoms with Crippen molar-refractivity contribution >= 4 is 17.9 Å². The molecule has 0 radical (unpaired) electrons. The third-order valence-corrected chi connectivity index (χ3v) is 12.5. The van der Waals surface area contributed by atoms with E-state index in [4.69, 9.17) is 14.2 Å². The van der Waals surface area contributed by atoms with Gasteiger partial charge < -0.3 is 14.2 Å². The molecule has 370 valence electrons. The molecule has 6 nitrogen and oxygen atoms in total. The molecular weight excluding hydrogens is 781 g/mol. The Morgan fingerprint density at radius 3 is 0.905 bits per heavy atom. The zero-order chi connectivity index (χ0) is 45.8. The quantitative estimate of drug-likeness (QED) is 0.0262. The van der Waals surface area contributed by atoms with Crippen molar-refractivity contribution in [2.75, 3.05) is 13.2 Å². The van der Waals surface area contributed by atoms with Crippen LogP contribution in [0.15, 0.2) is 24.3 Å². The second kappa shape index (κ2) is 52.5. The van der Waals surface area contributed by atoms with Crippen LogP contribution in [0, 0.1) is 0 Å². The number of carbonyl (C=O) groups is 3. The average Bonchev–Trinajstić information content (AvgIpc) is 3.28. The fourth-order valence-electron chi connectivity index (χ4n) is 8.24. The molecule has 0 rings (SSSR count). The zero-order valence-corrected chi connectivity index (χ0v) is 42.4. The molecule has 0 bridgehead atoms. The molecular formula is C57H106O6. The summed E-state index contributed by atoms with van der Waals surface area (Å²) < 4.78 is 16.8. The van der Waals surface area contributed by atoms with Crippen molar-refractivity contribution < 1.29 is 28.6 Å². The van der Waals surface area contributed by atoms with E-state index in [2.05, 4.69) is 45.1 Å². The lowest BCUT2D eigenvalue weighted by molar-refractivity contribution is -0.167. The molecule has 0 spiro atoms. The van der Waals surface area contributed by atoms with E-state index in [0.717, 1.165) is 64.2 Å². The van der Waals surface area contributed by atoms with Crippen LogP contribution in [-0.2, 0) is 28.6 Å². The fraction of sp³-hybridized carbons (Fsp3) is 0.877. The van der Waals surface area contributed by atoms with E-state index in [1.54, 1.807) is 0 Å². The van der Waals surface area contributed by atoms with Crippen LogP contribution >= 0.6 is 0 Å². The number of allylic oxidation sites excluding steroid dienone is 4. The van der Waals surface area contributed by atoms with Crippen LogP contribution in [0.3, 0.4) is 0 Å². The van der Waals surface area contributed by atoms with Crippen LogP contribution in [0.1, 0.15) is 303 Å². The topological polar surface area (TPSA) is 78.9 Å². The first-order chi connectivity index (χ1) is 31.0. The predicted molar refractivity (Wildman–Crippen MR) is 270 cm³/mol. The molecule has 0 fully saturated rings. The van der Waals surface area contributed by atoms with E-state index in [-0.39, 0.29) is 31.1 Å². The van der Waals surface area contributed by atoms with Crippen LogP contribution in [-0.4, -0.2) is 37.2 Å². The molecule has 0 saturated heterocycles. The molecule has 0 aliphatic carbocycles. The normalized spacial score (nSPS) is 12.1. The van der Waals surface area contributed by atoms with Gasteiger partial charge in [-0.25, -0.2) is 0 Å². The van der Waals surface area contributed by atoms with Gasteiger partial charge in [0, 0.05) is 19.3 Å².